The van der Waals surface area contributed by atoms with E-state index in [0.29, 0.717) is 0 Å². The second kappa shape index (κ2) is 6.56. The Hall–Kier alpha value is -0.870. The number of nitrogens with zero attached hydrogens (tertiary/aromatic N) is 2. The molecule has 0 bridgehead atoms. The van der Waals surface area contributed by atoms with Crippen molar-refractivity contribution in [2.45, 2.75) is 26.4 Å². The fourth-order valence-corrected chi connectivity index (χ4v) is 1.28. The van der Waals surface area contributed by atoms with E-state index in [9.17, 15) is 0 Å². The summed E-state index contributed by atoms with van der Waals surface area (Å²) in [4.78, 5) is 4.29. The fraction of sp³-hybridized carbons (Fsp3) is 0.700. The Bertz CT molecular complexity index is 247. The zero-order valence-corrected chi connectivity index (χ0v) is 8.99. The smallest absolute Gasteiger partial charge is 0.122 e. The van der Waals surface area contributed by atoms with Gasteiger partial charge in [-0.3, -0.25) is 0 Å². The normalized spacial score (nSPS) is 10.7. The Morgan fingerprint density at radius 3 is 3.14 bits per heavy atom. The van der Waals surface area contributed by atoms with E-state index >= 15 is 0 Å². The molecule has 0 atom stereocenters. The van der Waals surface area contributed by atoms with E-state index in [1.807, 2.05) is 12.4 Å². The summed E-state index contributed by atoms with van der Waals surface area (Å²) < 4.78 is 7.14. The molecule has 1 N–H and O–H groups in total. The van der Waals surface area contributed by atoms with E-state index in [1.165, 1.54) is 0 Å². The summed E-state index contributed by atoms with van der Waals surface area (Å²) >= 11 is 0. The molecule has 0 spiro atoms. The first-order valence-electron chi connectivity index (χ1n) is 5.08. The number of rotatable bonds is 7. The zero-order chi connectivity index (χ0) is 10.2. The van der Waals surface area contributed by atoms with Crippen LogP contribution >= 0.6 is 0 Å². The lowest BCUT2D eigenvalue weighted by Crippen LogP contribution is -2.18. The molecule has 0 saturated heterocycles. The first kappa shape index (κ1) is 11.2. The van der Waals surface area contributed by atoms with Crippen LogP contribution in [0.4, 0.5) is 0 Å². The molecule has 0 aliphatic carbocycles. The van der Waals surface area contributed by atoms with E-state index in [4.69, 9.17) is 4.74 Å². The molecule has 1 aromatic rings. The second-order valence-electron chi connectivity index (χ2n) is 3.21. The first-order chi connectivity index (χ1) is 6.88. The van der Waals surface area contributed by atoms with Crippen LogP contribution in [0, 0.1) is 0 Å². The molecule has 4 heteroatoms. The number of imidazole rings is 1. The third-order valence-corrected chi connectivity index (χ3v) is 2.05. The zero-order valence-electron chi connectivity index (χ0n) is 8.99. The molecule has 0 saturated carbocycles. The average Bonchev–Trinajstić information content (AvgIpc) is 2.63. The Labute approximate surface area is 85.3 Å². The van der Waals surface area contributed by atoms with Gasteiger partial charge in [-0.25, -0.2) is 4.98 Å². The summed E-state index contributed by atoms with van der Waals surface area (Å²) in [5.74, 6) is 1.08. The Morgan fingerprint density at radius 2 is 2.43 bits per heavy atom. The summed E-state index contributed by atoms with van der Waals surface area (Å²) in [5, 5.41) is 3.33. The van der Waals surface area contributed by atoms with Crippen LogP contribution in [-0.2, 0) is 17.8 Å². The van der Waals surface area contributed by atoms with E-state index < -0.39 is 0 Å². The van der Waals surface area contributed by atoms with Crippen LogP contribution in [0.5, 0.6) is 0 Å². The van der Waals surface area contributed by atoms with Crippen LogP contribution in [0.2, 0.25) is 0 Å². The van der Waals surface area contributed by atoms with Crippen LogP contribution in [0.15, 0.2) is 12.4 Å². The molecule has 1 aromatic heterocycles. The molecule has 0 aliphatic rings. The Morgan fingerprint density at radius 1 is 1.57 bits per heavy atom. The molecule has 4 nitrogen and oxygen atoms in total. The lowest BCUT2D eigenvalue weighted by atomic mass is 10.4. The maximum atomic E-state index is 5.03. The van der Waals surface area contributed by atoms with Gasteiger partial charge in [0, 0.05) is 26.0 Å². The molecule has 80 valence electrons. The predicted molar refractivity (Wildman–Crippen MR) is 56.1 cm³/mol. The van der Waals surface area contributed by atoms with Gasteiger partial charge in [-0.05, 0) is 13.0 Å². The summed E-state index contributed by atoms with van der Waals surface area (Å²) in [6.07, 6.45) is 4.97. The number of aromatic nitrogens is 2. The highest BCUT2D eigenvalue weighted by Gasteiger charge is 2.00. The van der Waals surface area contributed by atoms with Crippen molar-refractivity contribution in [3.05, 3.63) is 18.2 Å². The Kier molecular flexibility index (Phi) is 5.25. The molecular weight excluding hydrogens is 178 g/mol. The molecule has 1 heterocycles. The number of methoxy groups -OCH3 is 1. The molecule has 0 fully saturated rings. The summed E-state index contributed by atoms with van der Waals surface area (Å²) in [7, 11) is 1.71. The van der Waals surface area contributed by atoms with Crippen LogP contribution < -0.4 is 5.32 Å². The Balaban J connectivity index is 2.37. The highest BCUT2D eigenvalue weighted by Crippen LogP contribution is 1.97. The summed E-state index contributed by atoms with van der Waals surface area (Å²) in [5.41, 5.74) is 0. The third kappa shape index (κ3) is 3.47. The van der Waals surface area contributed by atoms with E-state index in [1.54, 1.807) is 7.11 Å². The lowest BCUT2D eigenvalue weighted by molar-refractivity contribution is 0.186. The first-order valence-corrected chi connectivity index (χ1v) is 5.08. The van der Waals surface area contributed by atoms with Crippen molar-refractivity contribution >= 4 is 0 Å². The predicted octanol–water partition coefficient (Wildman–Crippen LogP) is 1.03. The number of hydrogen-bond acceptors (Lipinski definition) is 3. The van der Waals surface area contributed by atoms with Crippen molar-refractivity contribution in [2.75, 3.05) is 20.3 Å². The maximum absolute atomic E-state index is 5.03. The second-order valence-corrected chi connectivity index (χ2v) is 3.21. The average molecular weight is 197 g/mol. The minimum atomic E-state index is 0.733. The van der Waals surface area contributed by atoms with Gasteiger partial charge in [-0.15, -0.1) is 0 Å². The van der Waals surface area contributed by atoms with Crippen LogP contribution in [-0.4, -0.2) is 29.8 Å². The van der Waals surface area contributed by atoms with Gasteiger partial charge in [0.15, 0.2) is 0 Å². The van der Waals surface area contributed by atoms with Crippen molar-refractivity contribution < 1.29 is 4.74 Å². The minimum absolute atomic E-state index is 0.733. The largest absolute Gasteiger partial charge is 0.383 e. The number of hydrogen-bond donors (Lipinski definition) is 1. The van der Waals surface area contributed by atoms with Gasteiger partial charge in [0.25, 0.3) is 0 Å². The van der Waals surface area contributed by atoms with Gasteiger partial charge in [0.1, 0.15) is 5.82 Å². The van der Waals surface area contributed by atoms with Crippen LogP contribution in [0.25, 0.3) is 0 Å². The molecule has 1 rings (SSSR count). The lowest BCUT2D eigenvalue weighted by Gasteiger charge is -2.07. The van der Waals surface area contributed by atoms with Crippen molar-refractivity contribution in [1.82, 2.24) is 14.9 Å². The van der Waals surface area contributed by atoms with Gasteiger partial charge >= 0.3 is 0 Å². The molecule has 0 aliphatic heterocycles. The highest BCUT2D eigenvalue weighted by atomic mass is 16.5. The van der Waals surface area contributed by atoms with Crippen molar-refractivity contribution in [3.63, 3.8) is 0 Å². The molecular formula is C10H19N3O. The van der Waals surface area contributed by atoms with E-state index in [-0.39, 0.29) is 0 Å². The van der Waals surface area contributed by atoms with Gasteiger partial charge in [0.2, 0.25) is 0 Å². The van der Waals surface area contributed by atoms with Crippen molar-refractivity contribution in [2.24, 2.45) is 0 Å². The molecule has 0 unspecified atom stereocenters. The van der Waals surface area contributed by atoms with E-state index in [0.717, 1.165) is 38.5 Å². The van der Waals surface area contributed by atoms with Gasteiger partial charge in [-0.2, -0.15) is 0 Å². The summed E-state index contributed by atoms with van der Waals surface area (Å²) in [6, 6.07) is 0. The summed E-state index contributed by atoms with van der Waals surface area (Å²) in [6.45, 7) is 5.64. The molecule has 0 aromatic carbocycles. The quantitative estimate of drug-likeness (QED) is 0.664. The highest BCUT2D eigenvalue weighted by molar-refractivity contribution is 4.91. The SMILES string of the molecule is CCCNCc1nccn1CCOC. The molecule has 0 amide bonds. The third-order valence-electron chi connectivity index (χ3n) is 2.05. The van der Waals surface area contributed by atoms with Crippen molar-refractivity contribution in [1.29, 1.82) is 0 Å². The van der Waals surface area contributed by atoms with E-state index in [2.05, 4.69) is 21.8 Å². The van der Waals surface area contributed by atoms with Gasteiger partial charge < -0.3 is 14.6 Å². The fourth-order valence-electron chi connectivity index (χ4n) is 1.28. The van der Waals surface area contributed by atoms with Gasteiger partial charge in [0.05, 0.1) is 13.2 Å². The standard InChI is InChI=1S/C10H19N3O/c1-3-4-11-9-10-12-5-6-13(10)7-8-14-2/h5-6,11H,3-4,7-9H2,1-2H3. The van der Waals surface area contributed by atoms with Crippen LogP contribution in [0.1, 0.15) is 19.2 Å². The number of ether oxygens (including phenoxy) is 1. The minimum Gasteiger partial charge on any atom is -0.383 e. The topological polar surface area (TPSA) is 39.1 Å². The van der Waals surface area contributed by atoms with Crippen molar-refractivity contribution in [3.8, 4) is 0 Å². The maximum Gasteiger partial charge on any atom is 0.122 e. The molecule has 14 heavy (non-hydrogen) atoms. The molecule has 0 radical (unpaired) electrons. The van der Waals surface area contributed by atoms with Gasteiger partial charge in [-0.1, -0.05) is 6.92 Å². The number of nitrogens with one attached hydrogen (secondary N) is 1. The van der Waals surface area contributed by atoms with Crippen LogP contribution in [0.3, 0.4) is 0 Å². The monoisotopic (exact) mass is 197 g/mol.